The lowest BCUT2D eigenvalue weighted by molar-refractivity contribution is 0.372. The number of fused-ring (bicyclic) bond motifs is 3. The van der Waals surface area contributed by atoms with Crippen LogP contribution >= 0.6 is 0 Å². The number of aromatic nitrogens is 5. The molecule has 0 spiro atoms. The predicted molar refractivity (Wildman–Crippen MR) is 122 cm³/mol. The molecule has 1 saturated carbocycles. The Bertz CT molecular complexity index is 1120. The first-order chi connectivity index (χ1) is 16.2. The number of anilines is 4. The van der Waals surface area contributed by atoms with E-state index in [1.165, 1.54) is 25.0 Å². The Morgan fingerprint density at radius 1 is 1.06 bits per heavy atom. The van der Waals surface area contributed by atoms with Crippen LogP contribution in [-0.4, -0.2) is 57.7 Å². The average molecular weight is 451 g/mol. The van der Waals surface area contributed by atoms with E-state index in [2.05, 4.69) is 25.3 Å². The topological polar surface area (TPSA) is 84.2 Å². The van der Waals surface area contributed by atoms with Gasteiger partial charge >= 0.3 is 0 Å². The van der Waals surface area contributed by atoms with Crippen LogP contribution in [0.5, 0.6) is 5.88 Å². The number of hydrogen-bond donors (Lipinski definition) is 1. The van der Waals surface area contributed by atoms with Gasteiger partial charge in [0, 0.05) is 44.0 Å². The number of halogens is 1. The van der Waals surface area contributed by atoms with Crippen LogP contribution in [0.1, 0.15) is 19.3 Å². The van der Waals surface area contributed by atoms with Gasteiger partial charge in [0.25, 0.3) is 0 Å². The summed E-state index contributed by atoms with van der Waals surface area (Å²) in [4.78, 5) is 9.35. The van der Waals surface area contributed by atoms with E-state index in [0.717, 1.165) is 49.9 Å². The van der Waals surface area contributed by atoms with Gasteiger partial charge in [0.1, 0.15) is 5.82 Å². The van der Waals surface area contributed by atoms with Gasteiger partial charge in [-0.2, -0.15) is 10.1 Å². The number of rotatable bonds is 5. The molecule has 1 saturated heterocycles. The smallest absolute Gasteiger partial charge is 0.244 e. The van der Waals surface area contributed by atoms with Crippen LogP contribution in [-0.2, 0) is 6.54 Å². The Labute approximate surface area is 191 Å². The van der Waals surface area contributed by atoms with Gasteiger partial charge in [0.2, 0.25) is 17.8 Å². The molecule has 3 aromatic rings. The summed E-state index contributed by atoms with van der Waals surface area (Å²) in [5, 5.41) is 16.5. The van der Waals surface area contributed by atoms with Crippen molar-refractivity contribution in [2.45, 2.75) is 31.8 Å². The predicted octanol–water partition coefficient (Wildman–Crippen LogP) is 3.08. The van der Waals surface area contributed by atoms with Crippen molar-refractivity contribution in [3.8, 4) is 5.88 Å². The average Bonchev–Trinajstić information content (AvgIpc) is 3.35. The Morgan fingerprint density at radius 3 is 2.61 bits per heavy atom. The van der Waals surface area contributed by atoms with Crippen LogP contribution in [0.3, 0.4) is 0 Å². The van der Waals surface area contributed by atoms with Gasteiger partial charge in [-0.1, -0.05) is 0 Å². The van der Waals surface area contributed by atoms with E-state index in [0.29, 0.717) is 29.7 Å². The molecule has 1 unspecified atom stereocenters. The van der Waals surface area contributed by atoms with Crippen LogP contribution in [0.2, 0.25) is 0 Å². The highest BCUT2D eigenvalue weighted by atomic mass is 19.1. The standard InChI is InChI=1S/C23H27FN8O/c1-33-20-11-19(12-25-28-20)30-13-15-3-4-16(14-30)21(15)26-22-27-23-31(9-2-10-32(23)29-22)18-7-5-17(24)6-8-18/h5-8,11-12,15-16,21H,2-4,9-10,13-14H2,1H3,(H,26,29)/t15-,16?,21-/m0/s1. The second-order valence-corrected chi connectivity index (χ2v) is 9.07. The lowest BCUT2D eigenvalue weighted by Gasteiger charge is -2.39. The molecule has 10 heteroatoms. The molecule has 1 aromatic carbocycles. The van der Waals surface area contributed by atoms with Crippen LogP contribution in [0, 0.1) is 17.7 Å². The molecule has 0 amide bonds. The van der Waals surface area contributed by atoms with Crippen LogP contribution in [0.4, 0.5) is 27.7 Å². The zero-order chi connectivity index (χ0) is 22.4. The molecule has 2 aliphatic heterocycles. The minimum absolute atomic E-state index is 0.234. The summed E-state index contributed by atoms with van der Waals surface area (Å²) in [6.45, 7) is 3.59. The fraction of sp³-hybridized carbons (Fsp3) is 0.478. The van der Waals surface area contributed by atoms with Gasteiger partial charge < -0.3 is 19.9 Å². The molecule has 1 aliphatic carbocycles. The largest absolute Gasteiger partial charge is 0.480 e. The fourth-order valence-electron chi connectivity index (χ4n) is 5.52. The second-order valence-electron chi connectivity index (χ2n) is 9.07. The molecule has 3 aliphatic rings. The van der Waals surface area contributed by atoms with E-state index in [9.17, 15) is 4.39 Å². The molecule has 4 heterocycles. The molecule has 2 aromatic heterocycles. The van der Waals surface area contributed by atoms with E-state index < -0.39 is 0 Å². The maximum absolute atomic E-state index is 13.4. The van der Waals surface area contributed by atoms with E-state index in [1.807, 2.05) is 16.9 Å². The molecule has 33 heavy (non-hydrogen) atoms. The zero-order valence-electron chi connectivity index (χ0n) is 18.6. The highest BCUT2D eigenvalue weighted by molar-refractivity contribution is 5.59. The monoisotopic (exact) mass is 450 g/mol. The number of benzene rings is 1. The minimum atomic E-state index is -0.234. The maximum Gasteiger partial charge on any atom is 0.244 e. The van der Waals surface area contributed by atoms with Crippen LogP contribution in [0.25, 0.3) is 0 Å². The van der Waals surface area contributed by atoms with E-state index >= 15 is 0 Å². The third-order valence-corrected chi connectivity index (χ3v) is 7.11. The van der Waals surface area contributed by atoms with Gasteiger partial charge in [-0.15, -0.1) is 10.2 Å². The number of piperidine rings is 1. The van der Waals surface area contributed by atoms with Gasteiger partial charge in [0.15, 0.2) is 0 Å². The number of hydrogen-bond acceptors (Lipinski definition) is 8. The summed E-state index contributed by atoms with van der Waals surface area (Å²) in [5.41, 5.74) is 1.99. The van der Waals surface area contributed by atoms with E-state index in [4.69, 9.17) is 14.8 Å². The zero-order valence-corrected chi connectivity index (χ0v) is 18.6. The Morgan fingerprint density at radius 2 is 1.85 bits per heavy atom. The minimum Gasteiger partial charge on any atom is -0.480 e. The fourth-order valence-corrected chi connectivity index (χ4v) is 5.52. The summed E-state index contributed by atoms with van der Waals surface area (Å²) in [7, 11) is 1.61. The van der Waals surface area contributed by atoms with Gasteiger partial charge in [-0.05, 0) is 55.4 Å². The van der Waals surface area contributed by atoms with E-state index in [1.54, 1.807) is 19.2 Å². The van der Waals surface area contributed by atoms with Crippen molar-refractivity contribution < 1.29 is 9.13 Å². The first kappa shape index (κ1) is 20.2. The third-order valence-electron chi connectivity index (χ3n) is 7.11. The number of nitrogens with one attached hydrogen (secondary N) is 1. The summed E-state index contributed by atoms with van der Waals surface area (Å²) in [6.07, 6.45) is 5.15. The van der Waals surface area contributed by atoms with Gasteiger partial charge in [-0.3, -0.25) is 0 Å². The summed E-state index contributed by atoms with van der Waals surface area (Å²) >= 11 is 0. The lowest BCUT2D eigenvalue weighted by atomic mass is 9.92. The number of nitrogens with zero attached hydrogens (tertiary/aromatic N) is 7. The van der Waals surface area contributed by atoms with Gasteiger partial charge in [-0.25, -0.2) is 9.07 Å². The number of ether oxygens (including phenoxy) is 1. The first-order valence-electron chi connectivity index (χ1n) is 11.5. The maximum atomic E-state index is 13.4. The highest BCUT2D eigenvalue weighted by Crippen LogP contribution is 2.40. The molecule has 6 rings (SSSR count). The lowest BCUT2D eigenvalue weighted by Crippen LogP contribution is -2.48. The molecular weight excluding hydrogens is 423 g/mol. The van der Waals surface area contributed by atoms with Crippen molar-refractivity contribution in [1.82, 2.24) is 25.0 Å². The SMILES string of the molecule is COc1cc(N2CC3CC[C@@H](C2)[C@@H]3Nc2nc3n(n2)CCCN3c2ccc(F)cc2)cnn1. The molecule has 2 fully saturated rings. The number of aryl methyl sites for hydroxylation is 1. The van der Waals surface area contributed by atoms with Crippen molar-refractivity contribution in [3.05, 3.63) is 42.3 Å². The summed E-state index contributed by atoms with van der Waals surface area (Å²) in [6, 6.07) is 8.88. The first-order valence-corrected chi connectivity index (χ1v) is 11.5. The van der Waals surface area contributed by atoms with Crippen molar-refractivity contribution >= 4 is 23.3 Å². The molecule has 9 nitrogen and oxygen atoms in total. The van der Waals surface area contributed by atoms with Crippen LogP contribution in [0.15, 0.2) is 36.5 Å². The second kappa shape index (κ2) is 8.17. The third kappa shape index (κ3) is 3.73. The molecule has 172 valence electrons. The van der Waals surface area contributed by atoms with Crippen LogP contribution < -0.4 is 19.9 Å². The molecular formula is C23H27FN8O. The van der Waals surface area contributed by atoms with Crippen molar-refractivity contribution in [1.29, 1.82) is 0 Å². The normalized spacial score (nSPS) is 24.0. The Balaban J connectivity index is 1.19. The van der Waals surface area contributed by atoms with Gasteiger partial charge in [0.05, 0.1) is 19.0 Å². The number of methoxy groups -OCH3 is 1. The summed E-state index contributed by atoms with van der Waals surface area (Å²) in [5.74, 6) is 2.82. The quantitative estimate of drug-likeness (QED) is 0.635. The van der Waals surface area contributed by atoms with Crippen molar-refractivity contribution in [2.24, 2.45) is 11.8 Å². The Hall–Kier alpha value is -3.43. The summed E-state index contributed by atoms with van der Waals surface area (Å²) < 4.78 is 20.6. The Kier molecular flexibility index (Phi) is 5.00. The van der Waals surface area contributed by atoms with Crippen molar-refractivity contribution in [2.75, 3.05) is 41.9 Å². The molecule has 1 N–H and O–H groups in total. The molecule has 3 atom stereocenters. The van der Waals surface area contributed by atoms with Crippen molar-refractivity contribution in [3.63, 3.8) is 0 Å². The molecule has 2 bridgehead atoms. The van der Waals surface area contributed by atoms with E-state index in [-0.39, 0.29) is 5.82 Å². The molecule has 0 radical (unpaired) electrons. The highest BCUT2D eigenvalue weighted by Gasteiger charge is 2.43.